The molecule has 1 N–H and O–H groups in total. The largest absolute Gasteiger partial charge is 0.342 e. The molecular formula is C11H17NOS. The van der Waals surface area contributed by atoms with Crippen LogP contribution in [0.25, 0.3) is 0 Å². The summed E-state index contributed by atoms with van der Waals surface area (Å²) in [6, 6.07) is 0. The van der Waals surface area contributed by atoms with E-state index in [9.17, 15) is 4.79 Å². The quantitative estimate of drug-likeness (QED) is 0.641. The fourth-order valence-electron chi connectivity index (χ4n) is 4.49. The molecule has 0 aromatic rings. The Bertz CT molecular complexity index is 241. The number of nitrogens with one attached hydrogen (secondary N) is 1. The van der Waals surface area contributed by atoms with Gasteiger partial charge in [0, 0.05) is 5.54 Å². The van der Waals surface area contributed by atoms with Crippen LogP contribution in [-0.4, -0.2) is 10.8 Å². The molecule has 4 saturated carbocycles. The van der Waals surface area contributed by atoms with Gasteiger partial charge in [-0.3, -0.25) is 4.79 Å². The molecule has 0 saturated heterocycles. The number of carbonyl (C=O) groups excluding carboxylic acids is 1. The van der Waals surface area contributed by atoms with Crippen molar-refractivity contribution in [1.82, 2.24) is 5.32 Å². The molecule has 0 atom stereocenters. The number of carbonyl (C=O) groups is 1. The third-order valence-corrected chi connectivity index (χ3v) is 4.52. The summed E-state index contributed by atoms with van der Waals surface area (Å²) in [4.78, 5) is 11.1. The molecule has 0 aromatic heterocycles. The first-order valence-corrected chi connectivity index (χ1v) is 6.11. The Kier molecular flexibility index (Phi) is 1.88. The number of amides is 1. The van der Waals surface area contributed by atoms with E-state index in [1.807, 2.05) is 0 Å². The lowest BCUT2D eigenvalue weighted by Crippen LogP contribution is -2.58. The first kappa shape index (κ1) is 9.08. The Morgan fingerprint density at radius 2 is 1.50 bits per heavy atom. The number of hydrogen-bond acceptors (Lipinski definition) is 1. The minimum atomic E-state index is -0.132. The van der Waals surface area contributed by atoms with Crippen molar-refractivity contribution >= 4 is 17.9 Å². The van der Waals surface area contributed by atoms with Crippen LogP contribution in [0.15, 0.2) is 0 Å². The van der Waals surface area contributed by atoms with Crippen molar-refractivity contribution in [3.8, 4) is 0 Å². The van der Waals surface area contributed by atoms with Crippen molar-refractivity contribution in [2.75, 3.05) is 0 Å². The lowest BCUT2D eigenvalue weighted by atomic mass is 9.53. The molecule has 2 nitrogen and oxygen atoms in total. The summed E-state index contributed by atoms with van der Waals surface area (Å²) in [5.41, 5.74) is 0.146. The van der Waals surface area contributed by atoms with Gasteiger partial charge in [0.05, 0.1) is 0 Å². The lowest BCUT2D eigenvalue weighted by Gasteiger charge is -2.56. The van der Waals surface area contributed by atoms with E-state index >= 15 is 0 Å². The van der Waals surface area contributed by atoms with Crippen LogP contribution in [0.3, 0.4) is 0 Å². The Morgan fingerprint density at radius 1 is 1.07 bits per heavy atom. The summed E-state index contributed by atoms with van der Waals surface area (Å²) in [6.07, 6.45) is 7.90. The number of thiol groups is 1. The van der Waals surface area contributed by atoms with E-state index in [0.717, 1.165) is 17.8 Å². The molecule has 0 aromatic carbocycles. The molecule has 78 valence electrons. The van der Waals surface area contributed by atoms with Gasteiger partial charge in [0.25, 0.3) is 5.24 Å². The lowest BCUT2D eigenvalue weighted by molar-refractivity contribution is -0.0119. The molecule has 0 aliphatic heterocycles. The van der Waals surface area contributed by atoms with Gasteiger partial charge in [0.15, 0.2) is 0 Å². The number of rotatable bonds is 1. The van der Waals surface area contributed by atoms with E-state index in [1.54, 1.807) is 0 Å². The van der Waals surface area contributed by atoms with Crippen LogP contribution >= 0.6 is 12.6 Å². The second-order valence-corrected chi connectivity index (χ2v) is 6.03. The predicted octanol–water partition coefficient (Wildman–Crippen LogP) is 2.59. The van der Waals surface area contributed by atoms with Gasteiger partial charge in [-0.05, 0) is 56.3 Å². The van der Waals surface area contributed by atoms with Gasteiger partial charge in [-0.25, -0.2) is 0 Å². The average Bonchev–Trinajstić information content (AvgIpc) is 1.96. The topological polar surface area (TPSA) is 29.1 Å². The maximum absolute atomic E-state index is 11.1. The van der Waals surface area contributed by atoms with Crippen LogP contribution in [0.2, 0.25) is 0 Å². The molecule has 4 bridgehead atoms. The first-order chi connectivity index (χ1) is 6.65. The van der Waals surface area contributed by atoms with Crippen molar-refractivity contribution in [2.45, 2.75) is 44.1 Å². The van der Waals surface area contributed by atoms with Crippen molar-refractivity contribution in [2.24, 2.45) is 17.8 Å². The fourth-order valence-corrected chi connectivity index (χ4v) is 4.73. The van der Waals surface area contributed by atoms with Crippen LogP contribution < -0.4 is 5.32 Å². The predicted molar refractivity (Wildman–Crippen MR) is 58.4 cm³/mol. The van der Waals surface area contributed by atoms with E-state index < -0.39 is 0 Å². The summed E-state index contributed by atoms with van der Waals surface area (Å²) in [7, 11) is 0. The third kappa shape index (κ3) is 1.37. The average molecular weight is 211 g/mol. The van der Waals surface area contributed by atoms with Crippen molar-refractivity contribution < 1.29 is 4.79 Å². The van der Waals surface area contributed by atoms with E-state index in [-0.39, 0.29) is 10.8 Å². The second kappa shape index (κ2) is 2.91. The maximum Gasteiger partial charge on any atom is 0.276 e. The van der Waals surface area contributed by atoms with Gasteiger partial charge >= 0.3 is 0 Å². The maximum atomic E-state index is 11.1. The molecule has 1 amide bonds. The Balaban J connectivity index is 1.83. The van der Waals surface area contributed by atoms with Crippen LogP contribution in [0.4, 0.5) is 4.79 Å². The van der Waals surface area contributed by atoms with E-state index in [4.69, 9.17) is 0 Å². The monoisotopic (exact) mass is 211 g/mol. The smallest absolute Gasteiger partial charge is 0.276 e. The molecule has 14 heavy (non-hydrogen) atoms. The van der Waals surface area contributed by atoms with Crippen molar-refractivity contribution in [3.05, 3.63) is 0 Å². The minimum Gasteiger partial charge on any atom is -0.342 e. The van der Waals surface area contributed by atoms with Crippen LogP contribution in [-0.2, 0) is 0 Å². The third-order valence-electron chi connectivity index (χ3n) is 4.41. The molecule has 0 spiro atoms. The Labute approximate surface area is 90.2 Å². The van der Waals surface area contributed by atoms with Gasteiger partial charge in [-0.2, -0.15) is 0 Å². The van der Waals surface area contributed by atoms with Gasteiger partial charge < -0.3 is 5.32 Å². The molecule has 0 heterocycles. The van der Waals surface area contributed by atoms with Gasteiger partial charge in [0.2, 0.25) is 0 Å². The standard InChI is InChI=1S/C11H17NOS/c13-10(14)12-11-4-7-1-8(5-11)3-9(2-7)6-11/h7-9H,1-6H2,(H2,12,13,14). The SMILES string of the molecule is O=C(S)NC12CC3CC(CC(C3)C1)C2. The summed E-state index contributed by atoms with van der Waals surface area (Å²) in [5.74, 6) is 2.67. The Morgan fingerprint density at radius 3 is 1.86 bits per heavy atom. The molecule has 4 rings (SSSR count). The van der Waals surface area contributed by atoms with Crippen LogP contribution in [0, 0.1) is 17.8 Å². The van der Waals surface area contributed by atoms with E-state index in [0.29, 0.717) is 0 Å². The van der Waals surface area contributed by atoms with Gasteiger partial charge in [-0.15, -0.1) is 0 Å². The summed E-state index contributed by atoms with van der Waals surface area (Å²) in [5, 5.41) is 2.98. The van der Waals surface area contributed by atoms with Gasteiger partial charge in [-0.1, -0.05) is 12.6 Å². The minimum absolute atomic E-state index is 0.132. The summed E-state index contributed by atoms with van der Waals surface area (Å²) in [6.45, 7) is 0. The van der Waals surface area contributed by atoms with E-state index in [2.05, 4.69) is 17.9 Å². The zero-order chi connectivity index (χ0) is 9.76. The Hall–Kier alpha value is -0.180. The molecule has 4 fully saturated rings. The van der Waals surface area contributed by atoms with Gasteiger partial charge in [0.1, 0.15) is 0 Å². The molecule has 4 aliphatic rings. The second-order valence-electron chi connectivity index (χ2n) is 5.63. The highest BCUT2D eigenvalue weighted by Crippen LogP contribution is 2.55. The fraction of sp³-hybridized carbons (Fsp3) is 0.909. The summed E-state index contributed by atoms with van der Waals surface area (Å²) < 4.78 is 0. The van der Waals surface area contributed by atoms with Crippen LogP contribution in [0.5, 0.6) is 0 Å². The molecular weight excluding hydrogens is 194 g/mol. The zero-order valence-electron chi connectivity index (χ0n) is 8.33. The number of hydrogen-bond donors (Lipinski definition) is 2. The van der Waals surface area contributed by atoms with Crippen molar-refractivity contribution in [3.63, 3.8) is 0 Å². The highest BCUT2D eigenvalue weighted by molar-refractivity contribution is 7.96. The molecule has 0 unspecified atom stereocenters. The highest BCUT2D eigenvalue weighted by atomic mass is 32.1. The molecule has 4 aliphatic carbocycles. The molecule has 0 radical (unpaired) electrons. The normalized spacial score (nSPS) is 49.4. The first-order valence-electron chi connectivity index (χ1n) is 5.66. The summed E-state index contributed by atoms with van der Waals surface area (Å²) >= 11 is 3.86. The zero-order valence-corrected chi connectivity index (χ0v) is 9.22. The van der Waals surface area contributed by atoms with E-state index in [1.165, 1.54) is 38.5 Å². The van der Waals surface area contributed by atoms with Crippen molar-refractivity contribution in [1.29, 1.82) is 0 Å². The molecule has 3 heteroatoms. The highest BCUT2D eigenvalue weighted by Gasteiger charge is 2.51. The van der Waals surface area contributed by atoms with Crippen LogP contribution in [0.1, 0.15) is 38.5 Å².